The van der Waals surface area contributed by atoms with Gasteiger partial charge in [0.2, 0.25) is 0 Å². The standard InChI is InChI=1S/C10H12F3N.C6H6O3S/c1-2-7(14)3-6-4-9(12)10(13)5-8(6)11;7-10(8,9)6-4-2-1-3-5-6/h4-5,7H,2-3,14H2,1H3;1-5H,(H,7,8,9). The Bertz CT molecular complexity index is 768. The van der Waals surface area contributed by atoms with Gasteiger partial charge < -0.3 is 5.73 Å². The predicted molar refractivity (Wildman–Crippen MR) is 84.5 cm³/mol. The van der Waals surface area contributed by atoms with Gasteiger partial charge in [-0.2, -0.15) is 8.42 Å². The average Bonchev–Trinajstić information content (AvgIpc) is 2.53. The topological polar surface area (TPSA) is 80.4 Å². The van der Waals surface area contributed by atoms with Gasteiger partial charge >= 0.3 is 0 Å². The first-order chi connectivity index (χ1) is 11.1. The molecule has 0 bridgehead atoms. The summed E-state index contributed by atoms with van der Waals surface area (Å²) in [5, 5.41) is 0. The number of hydrogen-bond donors (Lipinski definition) is 2. The Morgan fingerprint density at radius 3 is 2.04 bits per heavy atom. The number of nitrogens with two attached hydrogens (primary N) is 1. The first-order valence-corrected chi connectivity index (χ1v) is 8.50. The number of benzene rings is 2. The van der Waals surface area contributed by atoms with Crippen molar-refractivity contribution in [3.63, 3.8) is 0 Å². The van der Waals surface area contributed by atoms with Crippen LogP contribution < -0.4 is 5.73 Å². The highest BCUT2D eigenvalue weighted by Crippen LogP contribution is 2.15. The largest absolute Gasteiger partial charge is 0.327 e. The molecule has 1 unspecified atom stereocenters. The lowest BCUT2D eigenvalue weighted by molar-refractivity contribution is 0.483. The van der Waals surface area contributed by atoms with E-state index in [1.165, 1.54) is 12.1 Å². The van der Waals surface area contributed by atoms with E-state index in [2.05, 4.69) is 0 Å². The lowest BCUT2D eigenvalue weighted by atomic mass is 10.0. The summed E-state index contributed by atoms with van der Waals surface area (Å²) in [5.74, 6) is -2.95. The van der Waals surface area contributed by atoms with E-state index >= 15 is 0 Å². The quantitative estimate of drug-likeness (QED) is 0.647. The van der Waals surface area contributed by atoms with Crippen LogP contribution in [-0.2, 0) is 16.5 Å². The van der Waals surface area contributed by atoms with E-state index < -0.39 is 27.6 Å². The fourth-order valence-corrected chi connectivity index (χ4v) is 2.24. The Morgan fingerprint density at radius 1 is 1.04 bits per heavy atom. The van der Waals surface area contributed by atoms with Crippen LogP contribution in [-0.4, -0.2) is 19.0 Å². The Hall–Kier alpha value is -1.90. The molecule has 0 spiro atoms. The molecule has 24 heavy (non-hydrogen) atoms. The van der Waals surface area contributed by atoms with E-state index in [9.17, 15) is 21.6 Å². The van der Waals surface area contributed by atoms with Gasteiger partial charge in [-0.1, -0.05) is 25.1 Å². The van der Waals surface area contributed by atoms with Gasteiger partial charge in [-0.25, -0.2) is 13.2 Å². The predicted octanol–water partition coefficient (Wildman–Crippen LogP) is 3.32. The summed E-state index contributed by atoms with van der Waals surface area (Å²) in [6, 6.07) is 8.60. The highest BCUT2D eigenvalue weighted by Gasteiger charge is 2.11. The van der Waals surface area contributed by atoms with Crippen LogP contribution in [0.2, 0.25) is 0 Å². The third-order valence-corrected chi connectivity index (χ3v) is 4.00. The Labute approximate surface area is 138 Å². The Morgan fingerprint density at radius 2 is 1.58 bits per heavy atom. The van der Waals surface area contributed by atoms with Crippen LogP contribution in [0.15, 0.2) is 47.4 Å². The van der Waals surface area contributed by atoms with Crippen LogP contribution in [0, 0.1) is 17.5 Å². The van der Waals surface area contributed by atoms with Gasteiger partial charge in [0.1, 0.15) is 5.82 Å². The van der Waals surface area contributed by atoms with E-state index in [-0.39, 0.29) is 22.9 Å². The van der Waals surface area contributed by atoms with Crippen LogP contribution >= 0.6 is 0 Å². The number of rotatable bonds is 4. The second-order valence-electron chi connectivity index (χ2n) is 5.02. The SMILES string of the molecule is CCC(N)Cc1cc(F)c(F)cc1F.O=S(=O)(O)c1ccccc1. The fraction of sp³-hybridized carbons (Fsp3) is 0.250. The lowest BCUT2D eigenvalue weighted by Gasteiger charge is -2.09. The van der Waals surface area contributed by atoms with E-state index in [0.29, 0.717) is 12.5 Å². The van der Waals surface area contributed by atoms with E-state index in [4.69, 9.17) is 10.3 Å². The van der Waals surface area contributed by atoms with Crippen molar-refractivity contribution in [2.75, 3.05) is 0 Å². The zero-order valence-electron chi connectivity index (χ0n) is 12.9. The van der Waals surface area contributed by atoms with Crippen molar-refractivity contribution in [2.45, 2.75) is 30.7 Å². The molecule has 0 aliphatic rings. The van der Waals surface area contributed by atoms with Crippen molar-refractivity contribution in [2.24, 2.45) is 5.73 Å². The van der Waals surface area contributed by atoms with Gasteiger partial charge in [-0.05, 0) is 36.6 Å². The molecule has 0 fully saturated rings. The summed E-state index contributed by atoms with van der Waals surface area (Å²) >= 11 is 0. The Kier molecular flexibility index (Phi) is 7.40. The molecule has 8 heteroatoms. The molecule has 2 aromatic carbocycles. The highest BCUT2D eigenvalue weighted by atomic mass is 32.2. The van der Waals surface area contributed by atoms with Crippen molar-refractivity contribution in [1.82, 2.24) is 0 Å². The monoisotopic (exact) mass is 361 g/mol. The molecule has 0 aromatic heterocycles. The molecule has 0 saturated heterocycles. The summed E-state index contributed by atoms with van der Waals surface area (Å²) in [6.45, 7) is 1.85. The van der Waals surface area contributed by atoms with Gasteiger partial charge in [0.25, 0.3) is 10.1 Å². The van der Waals surface area contributed by atoms with Crippen molar-refractivity contribution < 1.29 is 26.1 Å². The maximum Gasteiger partial charge on any atom is 0.294 e. The molecule has 2 rings (SSSR count). The molecule has 4 nitrogen and oxygen atoms in total. The van der Waals surface area contributed by atoms with E-state index in [0.717, 1.165) is 6.07 Å². The normalized spacial score (nSPS) is 12.2. The van der Waals surface area contributed by atoms with Crippen molar-refractivity contribution >= 4 is 10.1 Å². The van der Waals surface area contributed by atoms with Crippen LogP contribution in [0.4, 0.5) is 13.2 Å². The Balaban J connectivity index is 0.000000254. The summed E-state index contributed by atoms with van der Waals surface area (Å²) in [7, 11) is -4.00. The minimum absolute atomic E-state index is 0.0741. The molecule has 1 atom stereocenters. The third kappa shape index (κ3) is 6.31. The zero-order chi connectivity index (χ0) is 18.3. The van der Waals surface area contributed by atoms with Gasteiger partial charge in [0.15, 0.2) is 11.6 Å². The number of hydrogen-bond acceptors (Lipinski definition) is 3. The summed E-state index contributed by atoms with van der Waals surface area (Å²) in [6.07, 6.45) is 0.887. The first kappa shape index (κ1) is 20.1. The molecule has 0 heterocycles. The summed E-state index contributed by atoms with van der Waals surface area (Å²) in [5.41, 5.74) is 5.70. The number of halogens is 3. The molecule has 0 aliphatic carbocycles. The van der Waals surface area contributed by atoms with Gasteiger partial charge in [-0.15, -0.1) is 0 Å². The second kappa shape index (κ2) is 8.81. The molecule has 0 radical (unpaired) electrons. The van der Waals surface area contributed by atoms with Crippen molar-refractivity contribution in [1.29, 1.82) is 0 Å². The smallest absolute Gasteiger partial charge is 0.294 e. The van der Waals surface area contributed by atoms with Crippen LogP contribution in [0.1, 0.15) is 18.9 Å². The van der Waals surface area contributed by atoms with Crippen molar-refractivity contribution in [3.8, 4) is 0 Å². The summed E-state index contributed by atoms with van der Waals surface area (Å²) in [4.78, 5) is -0.0741. The maximum atomic E-state index is 13.1. The third-order valence-electron chi connectivity index (χ3n) is 3.14. The molecular formula is C16H18F3NO3S. The first-order valence-electron chi connectivity index (χ1n) is 7.06. The van der Waals surface area contributed by atoms with Crippen LogP contribution in [0.25, 0.3) is 0 Å². The van der Waals surface area contributed by atoms with E-state index in [1.54, 1.807) is 18.2 Å². The molecule has 132 valence electrons. The molecule has 0 amide bonds. The minimum atomic E-state index is -4.00. The van der Waals surface area contributed by atoms with E-state index in [1.807, 2.05) is 6.92 Å². The molecular weight excluding hydrogens is 343 g/mol. The van der Waals surface area contributed by atoms with Crippen molar-refractivity contribution in [3.05, 3.63) is 65.5 Å². The van der Waals surface area contributed by atoms with Crippen LogP contribution in [0.3, 0.4) is 0 Å². The van der Waals surface area contributed by atoms with Crippen LogP contribution in [0.5, 0.6) is 0 Å². The maximum absolute atomic E-state index is 13.1. The fourth-order valence-electron chi connectivity index (χ4n) is 1.74. The minimum Gasteiger partial charge on any atom is -0.327 e. The lowest BCUT2D eigenvalue weighted by Crippen LogP contribution is -2.22. The molecule has 0 saturated carbocycles. The molecule has 2 aromatic rings. The zero-order valence-corrected chi connectivity index (χ0v) is 13.7. The van der Waals surface area contributed by atoms with Gasteiger partial charge in [0, 0.05) is 12.1 Å². The second-order valence-corrected chi connectivity index (χ2v) is 6.44. The van der Waals surface area contributed by atoms with Gasteiger partial charge in [-0.3, -0.25) is 4.55 Å². The molecule has 0 aliphatic heterocycles. The highest BCUT2D eigenvalue weighted by molar-refractivity contribution is 7.85. The van der Waals surface area contributed by atoms with Gasteiger partial charge in [0.05, 0.1) is 4.90 Å². The summed E-state index contributed by atoms with van der Waals surface area (Å²) < 4.78 is 67.6. The molecule has 3 N–H and O–H groups in total. The average molecular weight is 361 g/mol.